The van der Waals surface area contributed by atoms with Gasteiger partial charge in [-0.15, -0.1) is 11.3 Å². The summed E-state index contributed by atoms with van der Waals surface area (Å²) >= 11 is 1.59. The van der Waals surface area contributed by atoms with Crippen LogP contribution in [0.1, 0.15) is 47.4 Å². The number of amides is 1. The standard InChI is InChI=1S/C12H16N4O2S/c1-3-4-9-5-8(6-19-9)11(17)13-7(2)10-14-12(18)16-15-10/h5-7H,3-4H2,1-2H3,(H,13,17)(H2,14,15,16,18)/t7-/m0/s1. The van der Waals surface area contributed by atoms with E-state index in [1.165, 1.54) is 4.88 Å². The average molecular weight is 280 g/mol. The molecule has 0 spiro atoms. The summed E-state index contributed by atoms with van der Waals surface area (Å²) in [6.45, 7) is 3.87. The van der Waals surface area contributed by atoms with Gasteiger partial charge >= 0.3 is 5.69 Å². The maximum atomic E-state index is 12.0. The van der Waals surface area contributed by atoms with E-state index in [-0.39, 0.29) is 17.6 Å². The Kier molecular flexibility index (Phi) is 4.16. The number of rotatable bonds is 5. The van der Waals surface area contributed by atoms with Crippen LogP contribution < -0.4 is 11.0 Å². The fraction of sp³-hybridized carbons (Fsp3) is 0.417. The normalized spacial score (nSPS) is 12.3. The number of aryl methyl sites for hydroxylation is 1. The maximum Gasteiger partial charge on any atom is 0.340 e. The van der Waals surface area contributed by atoms with Gasteiger partial charge in [-0.2, -0.15) is 5.10 Å². The molecule has 0 bridgehead atoms. The van der Waals surface area contributed by atoms with Crippen molar-refractivity contribution in [2.75, 3.05) is 0 Å². The average Bonchev–Trinajstić information content (AvgIpc) is 2.98. The molecule has 1 amide bonds. The summed E-state index contributed by atoms with van der Waals surface area (Å²) in [5.41, 5.74) is 0.273. The molecule has 0 aliphatic heterocycles. The first-order valence-electron chi connectivity index (χ1n) is 6.13. The van der Waals surface area contributed by atoms with Crippen molar-refractivity contribution in [3.8, 4) is 0 Å². The predicted octanol–water partition coefficient (Wildman–Crippen LogP) is 1.60. The van der Waals surface area contributed by atoms with Crippen molar-refractivity contribution in [1.82, 2.24) is 20.5 Å². The van der Waals surface area contributed by atoms with Crippen LogP contribution in [0.15, 0.2) is 16.2 Å². The number of thiophene rings is 1. The Morgan fingerprint density at radius 2 is 2.37 bits per heavy atom. The Morgan fingerprint density at radius 3 is 3.00 bits per heavy atom. The third-order valence-electron chi connectivity index (χ3n) is 2.69. The molecule has 1 atom stereocenters. The van der Waals surface area contributed by atoms with Gasteiger partial charge in [-0.05, 0) is 19.4 Å². The summed E-state index contributed by atoms with van der Waals surface area (Å²) in [6, 6.07) is 1.56. The first-order chi connectivity index (χ1) is 9.10. The van der Waals surface area contributed by atoms with E-state index in [0.29, 0.717) is 11.4 Å². The molecule has 102 valence electrons. The van der Waals surface area contributed by atoms with Crippen molar-refractivity contribution in [3.63, 3.8) is 0 Å². The number of aromatic nitrogens is 3. The van der Waals surface area contributed by atoms with Crippen LogP contribution in [0.5, 0.6) is 0 Å². The fourth-order valence-corrected chi connectivity index (χ4v) is 2.68. The van der Waals surface area contributed by atoms with Crippen LogP contribution in [0.25, 0.3) is 0 Å². The third-order valence-corrected chi connectivity index (χ3v) is 3.69. The zero-order chi connectivity index (χ0) is 13.8. The molecule has 0 saturated carbocycles. The van der Waals surface area contributed by atoms with Crippen LogP contribution in [-0.4, -0.2) is 21.1 Å². The summed E-state index contributed by atoms with van der Waals surface area (Å²) in [5, 5.41) is 10.7. The first kappa shape index (κ1) is 13.5. The van der Waals surface area contributed by atoms with Crippen molar-refractivity contribution >= 4 is 17.2 Å². The van der Waals surface area contributed by atoms with Crippen LogP contribution >= 0.6 is 11.3 Å². The number of H-pyrrole nitrogens is 2. The minimum atomic E-state index is -0.378. The Labute approximate surface area is 114 Å². The van der Waals surface area contributed by atoms with E-state index in [4.69, 9.17) is 0 Å². The molecular weight excluding hydrogens is 264 g/mol. The highest BCUT2D eigenvalue weighted by Crippen LogP contribution is 2.17. The molecule has 2 rings (SSSR count). The third kappa shape index (κ3) is 3.31. The summed E-state index contributed by atoms with van der Waals surface area (Å²) in [6.07, 6.45) is 2.05. The molecule has 0 aliphatic rings. The first-order valence-corrected chi connectivity index (χ1v) is 7.01. The van der Waals surface area contributed by atoms with E-state index in [2.05, 4.69) is 27.4 Å². The molecule has 0 saturated heterocycles. The second-order valence-electron chi connectivity index (χ2n) is 4.31. The predicted molar refractivity (Wildman–Crippen MR) is 73.4 cm³/mol. The van der Waals surface area contributed by atoms with Gasteiger partial charge in [0.05, 0.1) is 11.6 Å². The number of hydrogen-bond donors (Lipinski definition) is 3. The molecule has 2 heterocycles. The molecule has 19 heavy (non-hydrogen) atoms. The summed E-state index contributed by atoms with van der Waals surface area (Å²) < 4.78 is 0. The molecule has 0 aromatic carbocycles. The van der Waals surface area contributed by atoms with Gasteiger partial charge in [0.15, 0.2) is 5.82 Å². The van der Waals surface area contributed by atoms with Crippen molar-refractivity contribution in [3.05, 3.63) is 38.2 Å². The largest absolute Gasteiger partial charge is 0.342 e. The smallest absolute Gasteiger partial charge is 0.340 e. The topological polar surface area (TPSA) is 90.6 Å². The zero-order valence-corrected chi connectivity index (χ0v) is 11.6. The van der Waals surface area contributed by atoms with E-state index < -0.39 is 0 Å². The van der Waals surface area contributed by atoms with Gasteiger partial charge in [0, 0.05) is 10.3 Å². The monoisotopic (exact) mass is 280 g/mol. The van der Waals surface area contributed by atoms with Gasteiger partial charge < -0.3 is 5.32 Å². The van der Waals surface area contributed by atoms with E-state index in [0.717, 1.165) is 12.8 Å². The van der Waals surface area contributed by atoms with Crippen LogP contribution in [-0.2, 0) is 6.42 Å². The number of aromatic amines is 2. The highest BCUT2D eigenvalue weighted by molar-refractivity contribution is 7.10. The minimum Gasteiger partial charge on any atom is -0.342 e. The number of hydrogen-bond acceptors (Lipinski definition) is 4. The van der Waals surface area contributed by atoms with Crippen LogP contribution in [0.2, 0.25) is 0 Å². The second kappa shape index (κ2) is 5.83. The molecule has 6 nitrogen and oxygen atoms in total. The number of nitrogens with zero attached hydrogens (tertiary/aromatic N) is 1. The molecule has 7 heteroatoms. The van der Waals surface area contributed by atoms with Crippen LogP contribution in [0, 0.1) is 0 Å². The number of carbonyl (C=O) groups is 1. The zero-order valence-electron chi connectivity index (χ0n) is 10.8. The van der Waals surface area contributed by atoms with Gasteiger partial charge in [-0.3, -0.25) is 9.78 Å². The molecule has 0 fully saturated rings. The lowest BCUT2D eigenvalue weighted by atomic mass is 10.2. The molecule has 3 N–H and O–H groups in total. The van der Waals surface area contributed by atoms with E-state index >= 15 is 0 Å². The summed E-state index contributed by atoms with van der Waals surface area (Å²) in [4.78, 5) is 26.7. The molecule has 2 aromatic rings. The Morgan fingerprint density at radius 1 is 1.58 bits per heavy atom. The molecule has 2 aromatic heterocycles. The van der Waals surface area contributed by atoms with Gasteiger partial charge in [0.25, 0.3) is 5.91 Å². The minimum absolute atomic E-state index is 0.157. The van der Waals surface area contributed by atoms with Crippen molar-refractivity contribution < 1.29 is 4.79 Å². The quantitative estimate of drug-likeness (QED) is 0.777. The number of nitrogens with one attached hydrogen (secondary N) is 3. The molecule has 0 unspecified atom stereocenters. The fourth-order valence-electron chi connectivity index (χ4n) is 1.71. The highest BCUT2D eigenvalue weighted by Gasteiger charge is 2.15. The Hall–Kier alpha value is -1.89. The summed E-state index contributed by atoms with van der Waals surface area (Å²) in [5.74, 6) is 0.261. The van der Waals surface area contributed by atoms with Gasteiger partial charge in [0.1, 0.15) is 0 Å². The number of carbonyl (C=O) groups excluding carboxylic acids is 1. The molecular formula is C12H16N4O2S. The van der Waals surface area contributed by atoms with Crippen molar-refractivity contribution in [2.45, 2.75) is 32.7 Å². The van der Waals surface area contributed by atoms with Crippen LogP contribution in [0.3, 0.4) is 0 Å². The lowest BCUT2D eigenvalue weighted by molar-refractivity contribution is 0.0938. The van der Waals surface area contributed by atoms with E-state index in [1.54, 1.807) is 18.3 Å². The summed E-state index contributed by atoms with van der Waals surface area (Å²) in [7, 11) is 0. The van der Waals surface area contributed by atoms with Gasteiger partial charge in [-0.25, -0.2) is 9.89 Å². The van der Waals surface area contributed by atoms with E-state index in [9.17, 15) is 9.59 Å². The van der Waals surface area contributed by atoms with Gasteiger partial charge in [-0.1, -0.05) is 13.3 Å². The molecule has 0 aliphatic carbocycles. The highest BCUT2D eigenvalue weighted by atomic mass is 32.1. The van der Waals surface area contributed by atoms with E-state index in [1.807, 2.05) is 11.4 Å². The lowest BCUT2D eigenvalue weighted by Gasteiger charge is -2.09. The Balaban J connectivity index is 2.01. The SMILES string of the molecule is CCCc1cc(C(=O)N[C@@H](C)c2n[nH]c(=O)[nH]2)cs1. The Bertz CT molecular complexity index is 613. The lowest BCUT2D eigenvalue weighted by Crippen LogP contribution is -2.27. The van der Waals surface area contributed by atoms with Crippen molar-refractivity contribution in [2.24, 2.45) is 0 Å². The van der Waals surface area contributed by atoms with Gasteiger partial charge in [0.2, 0.25) is 0 Å². The molecule has 0 radical (unpaired) electrons. The maximum absolute atomic E-state index is 12.0. The second-order valence-corrected chi connectivity index (χ2v) is 5.31. The van der Waals surface area contributed by atoms with Crippen LogP contribution in [0.4, 0.5) is 0 Å². The van der Waals surface area contributed by atoms with Crippen molar-refractivity contribution in [1.29, 1.82) is 0 Å².